The number of halogens is 3. The van der Waals surface area contributed by atoms with Crippen molar-refractivity contribution in [2.45, 2.75) is 12.7 Å². The van der Waals surface area contributed by atoms with Gasteiger partial charge in [0.25, 0.3) is 5.91 Å². The van der Waals surface area contributed by atoms with Crippen molar-refractivity contribution < 1.29 is 18.0 Å². The minimum atomic E-state index is -4.35. The number of carbonyl (C=O) groups excluding carboxylic acids is 1. The third-order valence-corrected chi connectivity index (χ3v) is 4.79. The summed E-state index contributed by atoms with van der Waals surface area (Å²) >= 11 is 1.41. The maximum absolute atomic E-state index is 12.6. The lowest BCUT2D eigenvalue weighted by molar-refractivity contribution is -0.137. The van der Waals surface area contributed by atoms with E-state index in [1.165, 1.54) is 28.4 Å². The van der Waals surface area contributed by atoms with Gasteiger partial charge in [-0.05, 0) is 35.2 Å². The molecule has 1 aromatic heterocycles. The lowest BCUT2D eigenvalue weighted by Crippen LogP contribution is -2.25. The number of carbonyl (C=O) groups is 1. The molecule has 0 radical (unpaired) electrons. The summed E-state index contributed by atoms with van der Waals surface area (Å²) in [5.74, 6) is -0.143. The Balaban J connectivity index is 1.74. The van der Waals surface area contributed by atoms with E-state index in [0.29, 0.717) is 10.4 Å². The van der Waals surface area contributed by atoms with Crippen molar-refractivity contribution in [2.24, 2.45) is 0 Å². The van der Waals surface area contributed by atoms with Gasteiger partial charge in [-0.15, -0.1) is 11.3 Å². The zero-order chi connectivity index (χ0) is 17.3. The molecule has 0 atom stereocenters. The van der Waals surface area contributed by atoms with Crippen LogP contribution in [0.4, 0.5) is 13.2 Å². The van der Waals surface area contributed by atoms with Crippen LogP contribution in [0.1, 0.15) is 20.8 Å². The number of fused-ring (bicyclic) bond motifs is 1. The van der Waals surface area contributed by atoms with E-state index in [-0.39, 0.29) is 12.5 Å². The first-order chi connectivity index (χ1) is 11.3. The van der Waals surface area contributed by atoms with Crippen LogP contribution >= 0.6 is 11.3 Å². The van der Waals surface area contributed by atoms with E-state index in [0.717, 1.165) is 22.2 Å². The van der Waals surface area contributed by atoms with Gasteiger partial charge < -0.3 is 4.90 Å². The molecular weight excluding hydrogens is 335 g/mol. The second-order valence-corrected chi connectivity index (χ2v) is 6.59. The summed E-state index contributed by atoms with van der Waals surface area (Å²) in [7, 11) is 1.64. The Morgan fingerprint density at radius 3 is 2.38 bits per heavy atom. The minimum Gasteiger partial charge on any atom is -0.337 e. The van der Waals surface area contributed by atoms with Crippen LogP contribution in [-0.4, -0.2) is 17.9 Å². The van der Waals surface area contributed by atoms with Gasteiger partial charge in [0.1, 0.15) is 0 Å². The molecule has 24 heavy (non-hydrogen) atoms. The van der Waals surface area contributed by atoms with Gasteiger partial charge in [0.15, 0.2) is 0 Å². The molecule has 2 aromatic carbocycles. The maximum Gasteiger partial charge on any atom is 0.416 e. The zero-order valence-electron chi connectivity index (χ0n) is 12.8. The number of hydrogen-bond donors (Lipinski definition) is 0. The van der Waals surface area contributed by atoms with E-state index in [2.05, 4.69) is 0 Å². The van der Waals surface area contributed by atoms with Crippen LogP contribution in [0.3, 0.4) is 0 Å². The molecule has 1 amide bonds. The van der Waals surface area contributed by atoms with Gasteiger partial charge in [-0.25, -0.2) is 0 Å². The summed E-state index contributed by atoms with van der Waals surface area (Å²) in [4.78, 5) is 14.6. The highest BCUT2D eigenvalue weighted by molar-refractivity contribution is 7.20. The summed E-state index contributed by atoms with van der Waals surface area (Å²) < 4.78 is 38.7. The zero-order valence-corrected chi connectivity index (χ0v) is 13.6. The predicted octanol–water partition coefficient (Wildman–Crippen LogP) is 5.19. The summed E-state index contributed by atoms with van der Waals surface area (Å²) in [6.45, 7) is 0.255. The molecule has 0 unspecified atom stereocenters. The molecule has 3 rings (SSSR count). The second-order valence-electron chi connectivity index (χ2n) is 5.50. The van der Waals surface area contributed by atoms with Crippen LogP contribution in [0.25, 0.3) is 10.1 Å². The molecular formula is C18H14F3NOS. The third-order valence-electron chi connectivity index (χ3n) is 3.68. The van der Waals surface area contributed by atoms with Gasteiger partial charge in [0.2, 0.25) is 0 Å². The molecule has 3 aromatic rings. The monoisotopic (exact) mass is 349 g/mol. The number of amides is 1. The van der Waals surface area contributed by atoms with Crippen LogP contribution in [-0.2, 0) is 12.7 Å². The van der Waals surface area contributed by atoms with Crippen molar-refractivity contribution in [2.75, 3.05) is 7.05 Å². The van der Waals surface area contributed by atoms with Gasteiger partial charge >= 0.3 is 6.18 Å². The predicted molar refractivity (Wildman–Crippen MR) is 89.1 cm³/mol. The average Bonchev–Trinajstić information content (AvgIpc) is 2.97. The van der Waals surface area contributed by atoms with Crippen LogP contribution in [0.5, 0.6) is 0 Å². The fraction of sp³-hybridized carbons (Fsp3) is 0.167. The smallest absolute Gasteiger partial charge is 0.337 e. The van der Waals surface area contributed by atoms with Crippen molar-refractivity contribution >= 4 is 27.3 Å². The SMILES string of the molecule is CN(Cc1ccc(C(F)(F)F)cc1)C(=O)c1cc2ccccc2s1. The van der Waals surface area contributed by atoms with Crippen molar-refractivity contribution in [3.05, 3.63) is 70.6 Å². The highest BCUT2D eigenvalue weighted by Gasteiger charge is 2.30. The quantitative estimate of drug-likeness (QED) is 0.637. The highest BCUT2D eigenvalue weighted by Crippen LogP contribution is 2.29. The van der Waals surface area contributed by atoms with E-state index < -0.39 is 11.7 Å². The number of alkyl halides is 3. The van der Waals surface area contributed by atoms with Crippen LogP contribution < -0.4 is 0 Å². The molecule has 2 nitrogen and oxygen atoms in total. The topological polar surface area (TPSA) is 20.3 Å². The molecule has 0 fully saturated rings. The van der Waals surface area contributed by atoms with Crippen molar-refractivity contribution in [1.29, 1.82) is 0 Å². The van der Waals surface area contributed by atoms with Gasteiger partial charge in [0.05, 0.1) is 10.4 Å². The fourth-order valence-electron chi connectivity index (χ4n) is 2.42. The van der Waals surface area contributed by atoms with Gasteiger partial charge in [-0.1, -0.05) is 30.3 Å². The summed E-state index contributed by atoms with van der Waals surface area (Å²) in [5, 5.41) is 1.01. The summed E-state index contributed by atoms with van der Waals surface area (Å²) in [5.41, 5.74) is -0.0373. The molecule has 0 saturated carbocycles. The van der Waals surface area contributed by atoms with Crippen molar-refractivity contribution in [3.63, 3.8) is 0 Å². The molecule has 6 heteroatoms. The normalized spacial score (nSPS) is 11.7. The lowest BCUT2D eigenvalue weighted by atomic mass is 10.1. The number of hydrogen-bond acceptors (Lipinski definition) is 2. The average molecular weight is 349 g/mol. The van der Waals surface area contributed by atoms with E-state index in [4.69, 9.17) is 0 Å². The lowest BCUT2D eigenvalue weighted by Gasteiger charge is -2.16. The number of nitrogens with zero attached hydrogens (tertiary/aromatic N) is 1. The molecule has 0 spiro atoms. The Morgan fingerprint density at radius 2 is 1.75 bits per heavy atom. The molecule has 0 aliphatic rings. The summed E-state index contributed by atoms with van der Waals surface area (Å²) in [6, 6.07) is 14.4. The number of rotatable bonds is 3. The molecule has 0 aliphatic carbocycles. The van der Waals surface area contributed by atoms with E-state index in [9.17, 15) is 18.0 Å². The van der Waals surface area contributed by atoms with Crippen LogP contribution in [0, 0.1) is 0 Å². The Morgan fingerprint density at radius 1 is 1.08 bits per heavy atom. The number of thiophene rings is 1. The second kappa shape index (κ2) is 6.28. The largest absolute Gasteiger partial charge is 0.416 e. The summed E-state index contributed by atoms with van der Waals surface area (Å²) in [6.07, 6.45) is -4.35. The highest BCUT2D eigenvalue weighted by atomic mass is 32.1. The molecule has 1 heterocycles. The van der Waals surface area contributed by atoms with Crippen LogP contribution in [0.15, 0.2) is 54.6 Å². The third kappa shape index (κ3) is 3.43. The maximum atomic E-state index is 12.6. The van der Waals surface area contributed by atoms with Gasteiger partial charge in [-0.3, -0.25) is 4.79 Å². The van der Waals surface area contributed by atoms with E-state index in [1.807, 2.05) is 30.3 Å². The van der Waals surface area contributed by atoms with Crippen molar-refractivity contribution in [1.82, 2.24) is 4.90 Å². The fourth-order valence-corrected chi connectivity index (χ4v) is 3.48. The Labute approximate surface area is 141 Å². The molecule has 0 saturated heterocycles. The minimum absolute atomic E-state index is 0.143. The first kappa shape index (κ1) is 16.5. The molecule has 0 bridgehead atoms. The van der Waals surface area contributed by atoms with Gasteiger partial charge in [-0.2, -0.15) is 13.2 Å². The Hall–Kier alpha value is -2.34. The van der Waals surface area contributed by atoms with E-state index in [1.54, 1.807) is 7.05 Å². The molecule has 0 aliphatic heterocycles. The Bertz CT molecular complexity index is 835. The molecule has 124 valence electrons. The Kier molecular flexibility index (Phi) is 4.32. The first-order valence-electron chi connectivity index (χ1n) is 7.25. The first-order valence-corrected chi connectivity index (χ1v) is 8.06. The van der Waals surface area contributed by atoms with E-state index >= 15 is 0 Å². The number of benzene rings is 2. The molecule has 0 N–H and O–H groups in total. The standard InChI is InChI=1S/C18H14F3NOS/c1-22(11-12-6-8-14(9-7-12)18(19,20)21)17(23)16-10-13-4-2-3-5-15(13)24-16/h2-10H,11H2,1H3. The van der Waals surface area contributed by atoms with Crippen LogP contribution in [0.2, 0.25) is 0 Å². The van der Waals surface area contributed by atoms with Crippen molar-refractivity contribution in [3.8, 4) is 0 Å². The van der Waals surface area contributed by atoms with Gasteiger partial charge in [0, 0.05) is 18.3 Å².